The van der Waals surface area contributed by atoms with Crippen LogP contribution in [0.25, 0.3) is 0 Å². The van der Waals surface area contributed by atoms with Gasteiger partial charge in [-0.15, -0.1) is 0 Å². The van der Waals surface area contributed by atoms with E-state index in [-0.39, 0.29) is 5.91 Å². The molecule has 5 nitrogen and oxygen atoms in total. The molecule has 1 aliphatic rings. The van der Waals surface area contributed by atoms with E-state index in [1.165, 1.54) is 5.56 Å². The average molecular weight is 373 g/mol. The Kier molecular flexibility index (Phi) is 6.86. The van der Waals surface area contributed by atoms with Gasteiger partial charge in [0.2, 0.25) is 5.91 Å². The topological polar surface area (TPSA) is 48.5 Å². The van der Waals surface area contributed by atoms with E-state index in [0.717, 1.165) is 50.0 Å². The summed E-state index contributed by atoms with van der Waals surface area (Å²) >= 11 is 5.87. The van der Waals surface area contributed by atoms with Gasteiger partial charge in [0, 0.05) is 56.9 Å². The second-order valence-electron chi connectivity index (χ2n) is 6.49. The lowest BCUT2D eigenvalue weighted by Crippen LogP contribution is -2.47. The maximum absolute atomic E-state index is 12.0. The van der Waals surface area contributed by atoms with Crippen LogP contribution in [0.2, 0.25) is 5.02 Å². The Hall–Kier alpha value is -2.11. The molecule has 1 aromatic heterocycles. The molecule has 0 unspecified atom stereocenters. The maximum atomic E-state index is 12.0. The fraction of sp³-hybridized carbons (Fsp3) is 0.400. The molecule has 0 saturated carbocycles. The summed E-state index contributed by atoms with van der Waals surface area (Å²) in [6.07, 6.45) is 3.20. The first-order valence-corrected chi connectivity index (χ1v) is 9.48. The van der Waals surface area contributed by atoms with E-state index in [4.69, 9.17) is 11.6 Å². The van der Waals surface area contributed by atoms with Crippen molar-refractivity contribution < 1.29 is 4.79 Å². The summed E-state index contributed by atoms with van der Waals surface area (Å²) in [4.78, 5) is 21.1. The molecule has 26 heavy (non-hydrogen) atoms. The van der Waals surface area contributed by atoms with Crippen LogP contribution in [0, 0.1) is 0 Å². The highest BCUT2D eigenvalue weighted by molar-refractivity contribution is 6.30. The molecule has 1 aliphatic heterocycles. The fourth-order valence-electron chi connectivity index (χ4n) is 3.09. The molecule has 138 valence electrons. The predicted octanol–water partition coefficient (Wildman–Crippen LogP) is 2.61. The number of rotatable bonds is 7. The van der Waals surface area contributed by atoms with Crippen LogP contribution >= 0.6 is 11.6 Å². The molecule has 0 atom stereocenters. The summed E-state index contributed by atoms with van der Waals surface area (Å²) in [6.45, 7) is 5.31. The molecule has 6 heteroatoms. The van der Waals surface area contributed by atoms with E-state index in [1.807, 2.05) is 48.7 Å². The van der Waals surface area contributed by atoms with Crippen molar-refractivity contribution in [3.63, 3.8) is 0 Å². The van der Waals surface area contributed by atoms with Gasteiger partial charge >= 0.3 is 0 Å². The van der Waals surface area contributed by atoms with Crippen molar-refractivity contribution in [3.8, 4) is 0 Å². The van der Waals surface area contributed by atoms with Crippen molar-refractivity contribution >= 4 is 23.3 Å². The second kappa shape index (κ2) is 9.55. The van der Waals surface area contributed by atoms with Gasteiger partial charge in [-0.05, 0) is 36.2 Å². The number of aromatic nitrogens is 1. The van der Waals surface area contributed by atoms with Crippen LogP contribution < -0.4 is 10.2 Å². The van der Waals surface area contributed by atoms with E-state index < -0.39 is 0 Å². The van der Waals surface area contributed by atoms with Crippen molar-refractivity contribution in [3.05, 3.63) is 59.2 Å². The number of anilines is 1. The van der Waals surface area contributed by atoms with Gasteiger partial charge in [0.15, 0.2) is 0 Å². The van der Waals surface area contributed by atoms with Gasteiger partial charge in [0.1, 0.15) is 5.82 Å². The van der Waals surface area contributed by atoms with Crippen LogP contribution in [0.1, 0.15) is 12.0 Å². The zero-order valence-electron chi connectivity index (χ0n) is 14.9. The molecule has 2 heterocycles. The number of piperazine rings is 1. The number of hydrogen-bond acceptors (Lipinski definition) is 4. The summed E-state index contributed by atoms with van der Waals surface area (Å²) in [5, 5.41) is 3.74. The van der Waals surface area contributed by atoms with Gasteiger partial charge in [0.05, 0.1) is 0 Å². The Balaban J connectivity index is 1.31. The number of benzene rings is 1. The number of amides is 1. The van der Waals surface area contributed by atoms with Gasteiger partial charge in [-0.3, -0.25) is 9.69 Å². The van der Waals surface area contributed by atoms with E-state index in [2.05, 4.69) is 20.1 Å². The zero-order chi connectivity index (χ0) is 18.2. The number of nitrogens with zero attached hydrogens (tertiary/aromatic N) is 3. The van der Waals surface area contributed by atoms with E-state index in [0.29, 0.717) is 13.0 Å². The summed E-state index contributed by atoms with van der Waals surface area (Å²) < 4.78 is 0. The number of hydrogen-bond donors (Lipinski definition) is 1. The number of carbonyl (C=O) groups is 1. The molecule has 0 aliphatic carbocycles. The molecule has 0 bridgehead atoms. The van der Waals surface area contributed by atoms with Gasteiger partial charge in [-0.25, -0.2) is 4.98 Å². The van der Waals surface area contributed by atoms with Crippen molar-refractivity contribution in [2.24, 2.45) is 0 Å². The molecule has 3 rings (SSSR count). The van der Waals surface area contributed by atoms with Gasteiger partial charge in [0.25, 0.3) is 0 Å². The van der Waals surface area contributed by atoms with Crippen LogP contribution in [0.3, 0.4) is 0 Å². The lowest BCUT2D eigenvalue weighted by atomic mass is 10.1. The molecule has 0 spiro atoms. The average Bonchev–Trinajstić information content (AvgIpc) is 2.69. The Labute approximate surface area is 160 Å². The Morgan fingerprint density at radius 1 is 1.08 bits per heavy atom. The molecule has 1 fully saturated rings. The Morgan fingerprint density at radius 2 is 1.85 bits per heavy atom. The zero-order valence-corrected chi connectivity index (χ0v) is 15.7. The molecular weight excluding hydrogens is 348 g/mol. The minimum atomic E-state index is 0.117. The third kappa shape index (κ3) is 5.71. The molecule has 1 saturated heterocycles. The molecule has 1 N–H and O–H groups in total. The summed E-state index contributed by atoms with van der Waals surface area (Å²) in [6, 6.07) is 13.7. The first-order chi connectivity index (χ1) is 12.7. The van der Waals surface area contributed by atoms with Crippen molar-refractivity contribution in [2.45, 2.75) is 12.8 Å². The number of nitrogens with one attached hydrogen (secondary N) is 1. The standard InChI is InChI=1S/C20H25ClN4O/c21-18-6-4-17(5-7-18)8-11-23-20(26)9-12-24-13-15-25(16-14-24)19-3-1-2-10-22-19/h1-7,10H,8-9,11-16H2,(H,23,26). The van der Waals surface area contributed by atoms with Crippen molar-refractivity contribution in [2.75, 3.05) is 44.2 Å². The van der Waals surface area contributed by atoms with E-state index >= 15 is 0 Å². The summed E-state index contributed by atoms with van der Waals surface area (Å²) in [7, 11) is 0. The number of halogens is 1. The molecule has 2 aromatic rings. The molecule has 0 radical (unpaired) electrons. The van der Waals surface area contributed by atoms with Gasteiger partial charge < -0.3 is 10.2 Å². The lowest BCUT2D eigenvalue weighted by molar-refractivity contribution is -0.121. The molecule has 1 amide bonds. The van der Waals surface area contributed by atoms with Gasteiger partial charge in [-0.1, -0.05) is 29.8 Å². The highest BCUT2D eigenvalue weighted by Gasteiger charge is 2.18. The van der Waals surface area contributed by atoms with E-state index in [9.17, 15) is 4.79 Å². The monoisotopic (exact) mass is 372 g/mol. The molecule has 1 aromatic carbocycles. The minimum Gasteiger partial charge on any atom is -0.356 e. The summed E-state index contributed by atoms with van der Waals surface area (Å²) in [5.74, 6) is 1.15. The van der Waals surface area contributed by atoms with Crippen molar-refractivity contribution in [1.82, 2.24) is 15.2 Å². The highest BCUT2D eigenvalue weighted by atomic mass is 35.5. The Morgan fingerprint density at radius 3 is 2.54 bits per heavy atom. The van der Waals surface area contributed by atoms with E-state index in [1.54, 1.807) is 0 Å². The van der Waals surface area contributed by atoms with Crippen molar-refractivity contribution in [1.29, 1.82) is 0 Å². The van der Waals surface area contributed by atoms with Crippen LogP contribution in [0.15, 0.2) is 48.7 Å². The quantitative estimate of drug-likeness (QED) is 0.811. The van der Waals surface area contributed by atoms with Gasteiger partial charge in [-0.2, -0.15) is 0 Å². The first kappa shape index (κ1) is 18.7. The first-order valence-electron chi connectivity index (χ1n) is 9.10. The third-order valence-corrected chi connectivity index (χ3v) is 4.90. The largest absolute Gasteiger partial charge is 0.356 e. The second-order valence-corrected chi connectivity index (χ2v) is 6.93. The predicted molar refractivity (Wildman–Crippen MR) is 106 cm³/mol. The van der Waals surface area contributed by atoms with Crippen LogP contribution in [0.5, 0.6) is 0 Å². The van der Waals surface area contributed by atoms with Crippen LogP contribution in [-0.2, 0) is 11.2 Å². The molecular formula is C20H25ClN4O. The highest BCUT2D eigenvalue weighted by Crippen LogP contribution is 2.12. The fourth-order valence-corrected chi connectivity index (χ4v) is 3.21. The Bertz CT molecular complexity index is 685. The minimum absolute atomic E-state index is 0.117. The SMILES string of the molecule is O=C(CCN1CCN(c2ccccn2)CC1)NCCc1ccc(Cl)cc1. The van der Waals surface area contributed by atoms with Crippen LogP contribution in [-0.4, -0.2) is 55.1 Å². The number of pyridine rings is 1. The lowest BCUT2D eigenvalue weighted by Gasteiger charge is -2.35. The number of carbonyl (C=O) groups excluding carboxylic acids is 1. The smallest absolute Gasteiger partial charge is 0.221 e. The maximum Gasteiger partial charge on any atom is 0.221 e. The normalized spacial score (nSPS) is 15.0. The third-order valence-electron chi connectivity index (χ3n) is 4.65. The summed E-state index contributed by atoms with van der Waals surface area (Å²) in [5.41, 5.74) is 1.18. The van der Waals surface area contributed by atoms with Crippen LogP contribution in [0.4, 0.5) is 5.82 Å².